The van der Waals surface area contributed by atoms with E-state index in [1.165, 1.54) is 5.56 Å². The van der Waals surface area contributed by atoms with Crippen LogP contribution in [0.3, 0.4) is 0 Å². The summed E-state index contributed by atoms with van der Waals surface area (Å²) in [5.41, 5.74) is 5.21. The van der Waals surface area contributed by atoms with Crippen LogP contribution in [0.1, 0.15) is 22.6 Å². The van der Waals surface area contributed by atoms with E-state index in [9.17, 15) is 4.79 Å². The highest BCUT2D eigenvalue weighted by molar-refractivity contribution is 6.11. The van der Waals surface area contributed by atoms with Crippen molar-refractivity contribution in [2.24, 2.45) is 0 Å². The van der Waals surface area contributed by atoms with E-state index < -0.39 is 0 Å². The summed E-state index contributed by atoms with van der Waals surface area (Å²) in [6.45, 7) is 2.05. The number of hydrogen-bond acceptors (Lipinski definition) is 1. The monoisotopic (exact) mass is 299 g/mol. The van der Waals surface area contributed by atoms with Crippen LogP contribution in [0, 0.1) is 6.92 Å². The van der Waals surface area contributed by atoms with Gasteiger partial charge >= 0.3 is 0 Å². The van der Waals surface area contributed by atoms with Gasteiger partial charge in [0.25, 0.3) is 0 Å². The van der Waals surface area contributed by atoms with Gasteiger partial charge in [0.1, 0.15) is 0 Å². The number of aryl methyl sites for hydroxylation is 1. The predicted octanol–water partition coefficient (Wildman–Crippen LogP) is 4.81. The molecular formula is C21H17NO. The molecule has 1 amide bonds. The van der Waals surface area contributed by atoms with Crippen LogP contribution < -0.4 is 4.90 Å². The summed E-state index contributed by atoms with van der Waals surface area (Å²) in [6.07, 6.45) is 0. The minimum absolute atomic E-state index is 0.112. The van der Waals surface area contributed by atoms with Crippen molar-refractivity contribution >= 4 is 17.3 Å². The lowest BCUT2D eigenvalue weighted by molar-refractivity contribution is -0.117. The normalized spacial score (nSPS) is 16.5. The fourth-order valence-corrected chi connectivity index (χ4v) is 3.24. The lowest BCUT2D eigenvalue weighted by Gasteiger charge is -2.18. The maximum absolute atomic E-state index is 13.2. The largest absolute Gasteiger partial charge is 0.280 e. The molecular weight excluding hydrogens is 282 g/mol. The van der Waals surface area contributed by atoms with Crippen LogP contribution in [0.4, 0.5) is 11.4 Å². The van der Waals surface area contributed by atoms with Gasteiger partial charge in [0.05, 0.1) is 11.6 Å². The van der Waals surface area contributed by atoms with Gasteiger partial charge in [-0.1, -0.05) is 66.2 Å². The molecule has 0 spiro atoms. The van der Waals surface area contributed by atoms with Gasteiger partial charge in [-0.3, -0.25) is 9.69 Å². The lowest BCUT2D eigenvalue weighted by Crippen LogP contribution is -2.24. The number of anilines is 2. The Labute approximate surface area is 136 Å². The number of benzene rings is 3. The van der Waals surface area contributed by atoms with E-state index in [0.717, 1.165) is 22.5 Å². The van der Waals surface area contributed by atoms with Crippen LogP contribution >= 0.6 is 0 Å². The lowest BCUT2D eigenvalue weighted by atomic mass is 9.93. The highest BCUT2D eigenvalue weighted by Crippen LogP contribution is 2.44. The third kappa shape index (κ3) is 2.23. The van der Waals surface area contributed by atoms with Gasteiger partial charge in [-0.2, -0.15) is 0 Å². The zero-order valence-corrected chi connectivity index (χ0v) is 12.9. The molecule has 1 atom stereocenters. The Kier molecular flexibility index (Phi) is 3.23. The van der Waals surface area contributed by atoms with Crippen LogP contribution in [-0.2, 0) is 4.79 Å². The third-order valence-electron chi connectivity index (χ3n) is 4.38. The van der Waals surface area contributed by atoms with E-state index in [-0.39, 0.29) is 11.8 Å². The van der Waals surface area contributed by atoms with E-state index in [4.69, 9.17) is 0 Å². The van der Waals surface area contributed by atoms with Gasteiger partial charge in [0, 0.05) is 5.69 Å². The highest BCUT2D eigenvalue weighted by atomic mass is 16.2. The topological polar surface area (TPSA) is 20.3 Å². The number of hydrogen-bond donors (Lipinski definition) is 0. The second-order valence-electron chi connectivity index (χ2n) is 5.91. The van der Waals surface area contributed by atoms with E-state index in [0.29, 0.717) is 0 Å². The Balaban J connectivity index is 1.87. The van der Waals surface area contributed by atoms with E-state index >= 15 is 0 Å². The van der Waals surface area contributed by atoms with Crippen LogP contribution in [0.15, 0.2) is 78.9 Å². The average molecular weight is 299 g/mol. The Morgan fingerprint density at radius 1 is 0.783 bits per heavy atom. The van der Waals surface area contributed by atoms with Crippen LogP contribution in [-0.4, -0.2) is 5.91 Å². The zero-order chi connectivity index (χ0) is 15.8. The summed E-state index contributed by atoms with van der Waals surface area (Å²) < 4.78 is 0. The molecule has 0 saturated carbocycles. The van der Waals surface area contributed by atoms with E-state index in [1.807, 2.05) is 77.7 Å². The molecule has 1 aliphatic rings. The van der Waals surface area contributed by atoms with Crippen molar-refractivity contribution < 1.29 is 4.79 Å². The Morgan fingerprint density at radius 2 is 1.43 bits per heavy atom. The first kappa shape index (κ1) is 13.8. The molecule has 3 aromatic rings. The Bertz CT molecular complexity index is 853. The third-order valence-corrected chi connectivity index (χ3v) is 4.38. The molecule has 1 heterocycles. The van der Waals surface area contributed by atoms with E-state index in [2.05, 4.69) is 13.0 Å². The molecule has 112 valence electrons. The highest BCUT2D eigenvalue weighted by Gasteiger charge is 2.38. The molecule has 1 aliphatic heterocycles. The molecule has 0 fully saturated rings. The first-order valence-electron chi connectivity index (χ1n) is 7.80. The summed E-state index contributed by atoms with van der Waals surface area (Å²) in [7, 11) is 0. The van der Waals surface area contributed by atoms with E-state index in [1.54, 1.807) is 0 Å². The standard InChI is InChI=1S/C21H17NO/c1-15-11-13-17(14-12-15)22-19-10-6-5-9-18(19)20(21(22)23)16-7-3-2-4-8-16/h2-14,20H,1H3. The number of para-hydroxylation sites is 1. The summed E-state index contributed by atoms with van der Waals surface area (Å²) >= 11 is 0. The minimum Gasteiger partial charge on any atom is -0.280 e. The first-order chi connectivity index (χ1) is 11.3. The maximum atomic E-state index is 13.2. The number of nitrogens with zero attached hydrogens (tertiary/aromatic N) is 1. The smallest absolute Gasteiger partial charge is 0.243 e. The fourth-order valence-electron chi connectivity index (χ4n) is 3.24. The molecule has 2 nitrogen and oxygen atoms in total. The molecule has 0 bridgehead atoms. The van der Waals surface area contributed by atoms with Crippen LogP contribution in [0.2, 0.25) is 0 Å². The molecule has 0 N–H and O–H groups in total. The van der Waals surface area contributed by atoms with Gasteiger partial charge in [-0.05, 0) is 36.2 Å². The van der Waals surface area contributed by atoms with Crippen LogP contribution in [0.5, 0.6) is 0 Å². The number of rotatable bonds is 2. The molecule has 0 radical (unpaired) electrons. The fraction of sp³-hybridized carbons (Fsp3) is 0.0952. The van der Waals surface area contributed by atoms with Gasteiger partial charge in [-0.15, -0.1) is 0 Å². The minimum atomic E-state index is -0.228. The summed E-state index contributed by atoms with van der Waals surface area (Å²) in [5, 5.41) is 0. The Morgan fingerprint density at radius 3 is 2.17 bits per heavy atom. The van der Waals surface area contributed by atoms with Crippen molar-refractivity contribution in [1.82, 2.24) is 0 Å². The molecule has 3 aromatic carbocycles. The maximum Gasteiger partial charge on any atom is 0.243 e. The van der Waals surface area contributed by atoms with Gasteiger partial charge in [0.15, 0.2) is 0 Å². The summed E-state index contributed by atoms with van der Waals surface area (Å²) in [5.74, 6) is -0.116. The van der Waals surface area contributed by atoms with Crippen molar-refractivity contribution in [2.75, 3.05) is 4.90 Å². The number of fused-ring (bicyclic) bond motifs is 1. The van der Waals surface area contributed by atoms with Crippen molar-refractivity contribution in [3.63, 3.8) is 0 Å². The second-order valence-corrected chi connectivity index (χ2v) is 5.91. The zero-order valence-electron chi connectivity index (χ0n) is 12.9. The van der Waals surface area contributed by atoms with Gasteiger partial charge in [0.2, 0.25) is 5.91 Å². The average Bonchev–Trinajstić information content (AvgIpc) is 2.88. The number of carbonyl (C=O) groups is 1. The molecule has 2 heteroatoms. The number of amides is 1. The Hall–Kier alpha value is -2.87. The predicted molar refractivity (Wildman–Crippen MR) is 93.1 cm³/mol. The number of carbonyl (C=O) groups excluding carboxylic acids is 1. The van der Waals surface area contributed by atoms with Crippen molar-refractivity contribution in [3.05, 3.63) is 95.6 Å². The summed E-state index contributed by atoms with van der Waals surface area (Å²) in [6, 6.07) is 26.2. The van der Waals surface area contributed by atoms with Crippen LogP contribution in [0.25, 0.3) is 0 Å². The molecule has 1 unspecified atom stereocenters. The quantitative estimate of drug-likeness (QED) is 0.665. The van der Waals surface area contributed by atoms with Gasteiger partial charge in [-0.25, -0.2) is 0 Å². The first-order valence-corrected chi connectivity index (χ1v) is 7.80. The van der Waals surface area contributed by atoms with Crippen molar-refractivity contribution in [2.45, 2.75) is 12.8 Å². The molecule has 23 heavy (non-hydrogen) atoms. The molecule has 4 rings (SSSR count). The van der Waals surface area contributed by atoms with Crippen molar-refractivity contribution in [3.8, 4) is 0 Å². The molecule has 0 aromatic heterocycles. The molecule has 0 saturated heterocycles. The van der Waals surface area contributed by atoms with Gasteiger partial charge < -0.3 is 0 Å². The summed E-state index contributed by atoms with van der Waals surface area (Å²) in [4.78, 5) is 15.0. The SMILES string of the molecule is Cc1ccc(N2C(=O)C(c3ccccc3)c3ccccc32)cc1. The van der Waals surface area contributed by atoms with Crippen molar-refractivity contribution in [1.29, 1.82) is 0 Å². The second kappa shape index (κ2) is 5.40. The molecule has 0 aliphatic carbocycles.